The molecule has 0 aliphatic heterocycles. The molecule has 0 aliphatic carbocycles. The number of hydrogen-bond donors (Lipinski definition) is 1. The van der Waals surface area contributed by atoms with Gasteiger partial charge in [0, 0.05) is 18.2 Å². The van der Waals surface area contributed by atoms with Crippen LogP contribution in [-0.2, 0) is 4.79 Å². The standard InChI is InChI=1S/C11H14O5/c1-7(11(12)13)16-10-5-8(14-2)4-9(6-10)15-3/h4-7H,1-3H3,(H,12,13). The number of rotatable bonds is 5. The SMILES string of the molecule is COc1cc(OC)cc(OC(C)C(=O)O)c1. The number of hydrogen-bond acceptors (Lipinski definition) is 4. The van der Waals surface area contributed by atoms with Crippen LogP contribution in [0.1, 0.15) is 6.92 Å². The van der Waals surface area contributed by atoms with Gasteiger partial charge < -0.3 is 19.3 Å². The highest BCUT2D eigenvalue weighted by atomic mass is 16.5. The van der Waals surface area contributed by atoms with Gasteiger partial charge in [-0.05, 0) is 6.92 Å². The van der Waals surface area contributed by atoms with Gasteiger partial charge in [0.1, 0.15) is 17.2 Å². The molecule has 0 aromatic heterocycles. The molecule has 0 spiro atoms. The summed E-state index contributed by atoms with van der Waals surface area (Å²) >= 11 is 0. The fourth-order valence-corrected chi connectivity index (χ4v) is 1.10. The highest BCUT2D eigenvalue weighted by Gasteiger charge is 2.13. The molecule has 1 aromatic carbocycles. The molecule has 0 radical (unpaired) electrons. The number of ether oxygens (including phenoxy) is 3. The minimum Gasteiger partial charge on any atom is -0.496 e. The van der Waals surface area contributed by atoms with Gasteiger partial charge in [-0.1, -0.05) is 0 Å². The molecule has 5 heteroatoms. The first-order valence-electron chi connectivity index (χ1n) is 4.69. The first kappa shape index (κ1) is 12.2. The van der Waals surface area contributed by atoms with E-state index in [2.05, 4.69) is 0 Å². The summed E-state index contributed by atoms with van der Waals surface area (Å²) in [5, 5.41) is 8.71. The number of carboxylic acids is 1. The lowest BCUT2D eigenvalue weighted by atomic mass is 10.3. The Labute approximate surface area is 93.6 Å². The third kappa shape index (κ3) is 3.05. The maximum absolute atomic E-state index is 10.6. The lowest BCUT2D eigenvalue weighted by molar-refractivity contribution is -0.144. The second kappa shape index (κ2) is 5.25. The predicted molar refractivity (Wildman–Crippen MR) is 57.3 cm³/mol. The minimum atomic E-state index is -1.03. The number of benzene rings is 1. The van der Waals surface area contributed by atoms with E-state index in [0.29, 0.717) is 17.2 Å². The van der Waals surface area contributed by atoms with Gasteiger partial charge in [-0.25, -0.2) is 4.79 Å². The van der Waals surface area contributed by atoms with Gasteiger partial charge in [-0.2, -0.15) is 0 Å². The molecule has 0 amide bonds. The van der Waals surface area contributed by atoms with Crippen LogP contribution in [0.4, 0.5) is 0 Å². The topological polar surface area (TPSA) is 65.0 Å². The molecule has 0 bridgehead atoms. The summed E-state index contributed by atoms with van der Waals surface area (Å²) in [5.41, 5.74) is 0. The van der Waals surface area contributed by atoms with Crippen LogP contribution in [0, 0.1) is 0 Å². The molecule has 88 valence electrons. The maximum atomic E-state index is 10.6. The van der Waals surface area contributed by atoms with E-state index >= 15 is 0 Å². The normalized spacial score (nSPS) is 11.7. The van der Waals surface area contributed by atoms with Crippen LogP contribution < -0.4 is 14.2 Å². The molecule has 1 aromatic rings. The van der Waals surface area contributed by atoms with Crippen molar-refractivity contribution in [1.82, 2.24) is 0 Å². The van der Waals surface area contributed by atoms with Gasteiger partial charge in [0.15, 0.2) is 6.10 Å². The predicted octanol–water partition coefficient (Wildman–Crippen LogP) is 1.56. The Morgan fingerprint density at radius 2 is 1.56 bits per heavy atom. The average Bonchev–Trinajstić information content (AvgIpc) is 2.28. The van der Waals surface area contributed by atoms with Gasteiger partial charge in [0.2, 0.25) is 0 Å². The van der Waals surface area contributed by atoms with E-state index in [4.69, 9.17) is 19.3 Å². The Morgan fingerprint density at radius 1 is 1.12 bits per heavy atom. The molecule has 0 heterocycles. The Kier molecular flexibility index (Phi) is 3.99. The number of aliphatic carboxylic acids is 1. The summed E-state index contributed by atoms with van der Waals surface area (Å²) in [6.07, 6.45) is -0.920. The fraction of sp³-hybridized carbons (Fsp3) is 0.364. The monoisotopic (exact) mass is 226 g/mol. The molecule has 0 fully saturated rings. The molecule has 0 saturated carbocycles. The Bertz CT molecular complexity index is 352. The third-order valence-corrected chi connectivity index (χ3v) is 1.99. The van der Waals surface area contributed by atoms with Crippen LogP contribution >= 0.6 is 0 Å². The summed E-state index contributed by atoms with van der Waals surface area (Å²) in [6, 6.07) is 4.88. The van der Waals surface area contributed by atoms with Crippen molar-refractivity contribution in [2.24, 2.45) is 0 Å². The van der Waals surface area contributed by atoms with E-state index in [0.717, 1.165) is 0 Å². The van der Waals surface area contributed by atoms with Crippen LogP contribution in [-0.4, -0.2) is 31.4 Å². The Balaban J connectivity index is 2.90. The first-order chi connectivity index (χ1) is 7.56. The van der Waals surface area contributed by atoms with Crippen molar-refractivity contribution in [2.75, 3.05) is 14.2 Å². The van der Waals surface area contributed by atoms with Crippen LogP contribution in [0.2, 0.25) is 0 Å². The van der Waals surface area contributed by atoms with Gasteiger partial charge in [-0.15, -0.1) is 0 Å². The van der Waals surface area contributed by atoms with Gasteiger partial charge in [0.25, 0.3) is 0 Å². The summed E-state index contributed by atoms with van der Waals surface area (Å²) < 4.78 is 15.3. The van der Waals surface area contributed by atoms with Crippen LogP contribution in [0.5, 0.6) is 17.2 Å². The van der Waals surface area contributed by atoms with Crippen molar-refractivity contribution in [3.05, 3.63) is 18.2 Å². The van der Waals surface area contributed by atoms with Crippen molar-refractivity contribution in [3.8, 4) is 17.2 Å². The molecular weight excluding hydrogens is 212 g/mol. The zero-order chi connectivity index (χ0) is 12.1. The number of carboxylic acid groups (broad SMARTS) is 1. The first-order valence-corrected chi connectivity index (χ1v) is 4.69. The Morgan fingerprint density at radius 3 is 1.94 bits per heavy atom. The van der Waals surface area contributed by atoms with Crippen molar-refractivity contribution in [1.29, 1.82) is 0 Å². The number of carbonyl (C=O) groups is 1. The molecule has 1 N–H and O–H groups in total. The molecule has 1 atom stereocenters. The second-order valence-electron chi connectivity index (χ2n) is 3.15. The highest BCUT2D eigenvalue weighted by Crippen LogP contribution is 2.27. The molecule has 5 nitrogen and oxygen atoms in total. The van der Waals surface area contributed by atoms with E-state index < -0.39 is 12.1 Å². The second-order valence-corrected chi connectivity index (χ2v) is 3.15. The van der Waals surface area contributed by atoms with Crippen molar-refractivity contribution in [2.45, 2.75) is 13.0 Å². The lowest BCUT2D eigenvalue weighted by Gasteiger charge is -2.12. The van der Waals surface area contributed by atoms with Crippen LogP contribution in [0.3, 0.4) is 0 Å². The largest absolute Gasteiger partial charge is 0.496 e. The van der Waals surface area contributed by atoms with E-state index in [1.54, 1.807) is 18.2 Å². The molecule has 0 aliphatic rings. The fourth-order valence-electron chi connectivity index (χ4n) is 1.10. The maximum Gasteiger partial charge on any atom is 0.344 e. The van der Waals surface area contributed by atoms with E-state index in [1.165, 1.54) is 21.1 Å². The van der Waals surface area contributed by atoms with Crippen LogP contribution in [0.25, 0.3) is 0 Å². The van der Waals surface area contributed by atoms with Gasteiger partial charge in [-0.3, -0.25) is 0 Å². The van der Waals surface area contributed by atoms with Crippen molar-refractivity contribution >= 4 is 5.97 Å². The van der Waals surface area contributed by atoms with Crippen molar-refractivity contribution < 1.29 is 24.1 Å². The summed E-state index contributed by atoms with van der Waals surface area (Å²) in [6.45, 7) is 1.45. The van der Waals surface area contributed by atoms with E-state index in [-0.39, 0.29) is 0 Å². The van der Waals surface area contributed by atoms with Crippen molar-refractivity contribution in [3.63, 3.8) is 0 Å². The zero-order valence-electron chi connectivity index (χ0n) is 9.39. The summed E-state index contributed by atoms with van der Waals surface area (Å²) in [4.78, 5) is 10.6. The minimum absolute atomic E-state index is 0.395. The third-order valence-electron chi connectivity index (χ3n) is 1.99. The molecular formula is C11H14O5. The smallest absolute Gasteiger partial charge is 0.344 e. The van der Waals surface area contributed by atoms with Gasteiger partial charge in [0.05, 0.1) is 14.2 Å². The molecule has 1 rings (SSSR count). The van der Waals surface area contributed by atoms with Gasteiger partial charge >= 0.3 is 5.97 Å². The quantitative estimate of drug-likeness (QED) is 0.825. The number of methoxy groups -OCH3 is 2. The zero-order valence-corrected chi connectivity index (χ0v) is 9.39. The molecule has 1 unspecified atom stereocenters. The Hall–Kier alpha value is -1.91. The lowest BCUT2D eigenvalue weighted by Crippen LogP contribution is -2.22. The summed E-state index contributed by atoms with van der Waals surface area (Å²) in [7, 11) is 3.03. The molecule has 0 saturated heterocycles. The van der Waals surface area contributed by atoms with E-state index in [9.17, 15) is 4.79 Å². The summed E-state index contributed by atoms with van der Waals surface area (Å²) in [5.74, 6) is 0.465. The van der Waals surface area contributed by atoms with E-state index in [1.807, 2.05) is 0 Å². The molecule has 16 heavy (non-hydrogen) atoms. The highest BCUT2D eigenvalue weighted by molar-refractivity contribution is 5.72. The van der Waals surface area contributed by atoms with Crippen LogP contribution in [0.15, 0.2) is 18.2 Å². The average molecular weight is 226 g/mol.